The van der Waals surface area contributed by atoms with Gasteiger partial charge in [-0.25, -0.2) is 5.43 Å². The molecule has 0 fully saturated rings. The lowest BCUT2D eigenvalue weighted by atomic mass is 10.2. The van der Waals surface area contributed by atoms with Crippen molar-refractivity contribution in [2.24, 2.45) is 5.10 Å². The van der Waals surface area contributed by atoms with Gasteiger partial charge in [0.05, 0.1) is 17.8 Å². The fourth-order valence-electron chi connectivity index (χ4n) is 2.27. The van der Waals surface area contributed by atoms with Gasteiger partial charge in [-0.1, -0.05) is 30.3 Å². The van der Waals surface area contributed by atoms with Crippen LogP contribution in [-0.2, 0) is 4.79 Å². The van der Waals surface area contributed by atoms with Gasteiger partial charge >= 0.3 is 0 Å². The number of hydrogen-bond donors (Lipinski definition) is 1. The summed E-state index contributed by atoms with van der Waals surface area (Å²) in [6, 6.07) is 25.3. The summed E-state index contributed by atoms with van der Waals surface area (Å²) in [6.45, 7) is -0.180. The third-order valence-electron chi connectivity index (χ3n) is 3.59. The minimum atomic E-state index is -0.391. The molecule has 3 aromatic rings. The van der Waals surface area contributed by atoms with Crippen molar-refractivity contribution in [3.8, 4) is 23.3 Å². The maximum atomic E-state index is 11.8. The molecule has 0 radical (unpaired) electrons. The van der Waals surface area contributed by atoms with E-state index < -0.39 is 5.91 Å². The number of hydrogen-bond acceptors (Lipinski definition) is 5. The van der Waals surface area contributed by atoms with Crippen LogP contribution in [0.4, 0.5) is 0 Å². The molecule has 28 heavy (non-hydrogen) atoms. The van der Waals surface area contributed by atoms with Crippen LogP contribution in [0.1, 0.15) is 11.1 Å². The number of ether oxygens (including phenoxy) is 2. The van der Waals surface area contributed by atoms with Crippen LogP contribution in [0, 0.1) is 11.3 Å². The summed E-state index contributed by atoms with van der Waals surface area (Å²) in [4.78, 5) is 11.8. The molecule has 3 rings (SSSR count). The predicted molar refractivity (Wildman–Crippen MR) is 105 cm³/mol. The van der Waals surface area contributed by atoms with Crippen molar-refractivity contribution in [2.45, 2.75) is 0 Å². The molecule has 1 amide bonds. The minimum absolute atomic E-state index is 0.180. The highest BCUT2D eigenvalue weighted by Crippen LogP contribution is 2.21. The Morgan fingerprint density at radius 2 is 1.71 bits per heavy atom. The van der Waals surface area contributed by atoms with E-state index >= 15 is 0 Å². The molecule has 0 aliphatic heterocycles. The Bertz CT molecular complexity index is 994. The van der Waals surface area contributed by atoms with Gasteiger partial charge in [-0.05, 0) is 54.1 Å². The van der Waals surface area contributed by atoms with Gasteiger partial charge in [-0.15, -0.1) is 0 Å². The van der Waals surface area contributed by atoms with Crippen LogP contribution >= 0.6 is 0 Å². The molecule has 0 spiro atoms. The van der Waals surface area contributed by atoms with Gasteiger partial charge in [0.2, 0.25) is 0 Å². The zero-order chi connectivity index (χ0) is 19.6. The van der Waals surface area contributed by atoms with Crippen molar-refractivity contribution in [1.82, 2.24) is 5.43 Å². The average Bonchev–Trinajstić information content (AvgIpc) is 2.74. The summed E-state index contributed by atoms with van der Waals surface area (Å²) in [5, 5.41) is 12.7. The van der Waals surface area contributed by atoms with E-state index in [9.17, 15) is 4.79 Å². The molecule has 0 unspecified atom stereocenters. The number of nitrogens with zero attached hydrogens (tertiary/aromatic N) is 2. The number of carbonyl (C=O) groups is 1. The highest BCUT2D eigenvalue weighted by Gasteiger charge is 2.02. The molecule has 1 N–H and O–H groups in total. The smallest absolute Gasteiger partial charge is 0.277 e. The first-order chi connectivity index (χ1) is 13.7. The van der Waals surface area contributed by atoms with Crippen LogP contribution < -0.4 is 14.9 Å². The summed E-state index contributed by atoms with van der Waals surface area (Å²) in [6.07, 6.45) is 1.53. The number of benzene rings is 3. The monoisotopic (exact) mass is 371 g/mol. The second-order valence-corrected chi connectivity index (χ2v) is 5.71. The number of para-hydroxylation sites is 1. The van der Waals surface area contributed by atoms with E-state index in [4.69, 9.17) is 14.7 Å². The Balaban J connectivity index is 1.49. The largest absolute Gasteiger partial charge is 0.484 e. The Morgan fingerprint density at radius 3 is 2.46 bits per heavy atom. The highest BCUT2D eigenvalue weighted by atomic mass is 16.5. The Morgan fingerprint density at radius 1 is 0.964 bits per heavy atom. The zero-order valence-electron chi connectivity index (χ0n) is 14.9. The Labute approximate surface area is 162 Å². The van der Waals surface area contributed by atoms with E-state index in [1.807, 2.05) is 60.7 Å². The lowest BCUT2D eigenvalue weighted by Gasteiger charge is -2.06. The van der Waals surface area contributed by atoms with Crippen molar-refractivity contribution >= 4 is 12.1 Å². The summed E-state index contributed by atoms with van der Waals surface area (Å²) in [5.41, 5.74) is 3.71. The van der Waals surface area contributed by atoms with E-state index in [1.165, 1.54) is 6.21 Å². The van der Waals surface area contributed by atoms with Crippen LogP contribution in [0.15, 0.2) is 84.0 Å². The van der Waals surface area contributed by atoms with Gasteiger partial charge in [0.15, 0.2) is 6.61 Å². The second kappa shape index (κ2) is 9.55. The zero-order valence-corrected chi connectivity index (χ0v) is 14.9. The molecule has 6 heteroatoms. The number of rotatable bonds is 7. The molecule has 0 bridgehead atoms. The van der Waals surface area contributed by atoms with Gasteiger partial charge in [0.1, 0.15) is 17.2 Å². The lowest BCUT2D eigenvalue weighted by molar-refractivity contribution is -0.123. The van der Waals surface area contributed by atoms with Gasteiger partial charge in [0.25, 0.3) is 5.91 Å². The van der Waals surface area contributed by atoms with E-state index in [1.54, 1.807) is 24.3 Å². The Hall–Kier alpha value is -4.11. The van der Waals surface area contributed by atoms with Crippen molar-refractivity contribution in [3.63, 3.8) is 0 Å². The maximum absolute atomic E-state index is 11.8. The SMILES string of the molecule is N#Cc1ccc(OCC(=O)NN=Cc2cccc(Oc3ccccc3)c2)cc1. The second-order valence-electron chi connectivity index (χ2n) is 5.71. The molecule has 0 aromatic heterocycles. The van der Waals surface area contributed by atoms with E-state index in [0.717, 1.165) is 11.3 Å². The molecule has 0 saturated carbocycles. The van der Waals surface area contributed by atoms with Crippen LogP contribution in [0.3, 0.4) is 0 Å². The van der Waals surface area contributed by atoms with E-state index in [0.29, 0.717) is 17.1 Å². The van der Waals surface area contributed by atoms with Gasteiger partial charge in [-0.2, -0.15) is 10.4 Å². The molecule has 6 nitrogen and oxygen atoms in total. The summed E-state index contributed by atoms with van der Waals surface area (Å²) < 4.78 is 11.1. The van der Waals surface area contributed by atoms with Crippen LogP contribution in [0.2, 0.25) is 0 Å². The molecule has 0 saturated heterocycles. The van der Waals surface area contributed by atoms with Crippen LogP contribution in [-0.4, -0.2) is 18.7 Å². The molecular weight excluding hydrogens is 354 g/mol. The molecular formula is C22H17N3O3. The quantitative estimate of drug-likeness (QED) is 0.505. The molecule has 0 atom stereocenters. The first-order valence-electron chi connectivity index (χ1n) is 8.51. The third kappa shape index (κ3) is 5.71. The van der Waals surface area contributed by atoms with Gasteiger partial charge in [0, 0.05) is 0 Å². The minimum Gasteiger partial charge on any atom is -0.484 e. The fraction of sp³-hybridized carbons (Fsp3) is 0.0455. The number of nitrogens with one attached hydrogen (secondary N) is 1. The van der Waals surface area contributed by atoms with Crippen molar-refractivity contribution in [3.05, 3.63) is 90.0 Å². The highest BCUT2D eigenvalue weighted by molar-refractivity contribution is 5.83. The fourth-order valence-corrected chi connectivity index (χ4v) is 2.27. The van der Waals surface area contributed by atoms with Crippen molar-refractivity contribution in [2.75, 3.05) is 6.61 Å². The van der Waals surface area contributed by atoms with Crippen LogP contribution in [0.25, 0.3) is 0 Å². The molecule has 138 valence electrons. The predicted octanol–water partition coefficient (Wildman–Crippen LogP) is 3.88. The molecule has 0 aliphatic carbocycles. The van der Waals surface area contributed by atoms with Crippen LogP contribution in [0.5, 0.6) is 17.2 Å². The average molecular weight is 371 g/mol. The number of amides is 1. The lowest BCUT2D eigenvalue weighted by Crippen LogP contribution is -2.24. The van der Waals surface area contributed by atoms with E-state index in [2.05, 4.69) is 10.5 Å². The number of nitriles is 1. The van der Waals surface area contributed by atoms with E-state index in [-0.39, 0.29) is 6.61 Å². The number of hydrazone groups is 1. The molecule has 0 aliphatic rings. The van der Waals surface area contributed by atoms with Gasteiger partial charge in [-0.3, -0.25) is 4.79 Å². The third-order valence-corrected chi connectivity index (χ3v) is 3.59. The Kier molecular flexibility index (Phi) is 6.37. The maximum Gasteiger partial charge on any atom is 0.277 e. The summed E-state index contributed by atoms with van der Waals surface area (Å²) >= 11 is 0. The first-order valence-corrected chi connectivity index (χ1v) is 8.51. The standard InChI is InChI=1S/C22H17N3O3/c23-14-17-9-11-19(12-10-17)27-16-22(26)25-24-15-18-5-4-8-21(13-18)28-20-6-2-1-3-7-20/h1-13,15H,16H2,(H,25,26). The van der Waals surface area contributed by atoms with Crippen molar-refractivity contribution < 1.29 is 14.3 Å². The molecule has 0 heterocycles. The summed E-state index contributed by atoms with van der Waals surface area (Å²) in [7, 11) is 0. The first kappa shape index (κ1) is 18.7. The number of carbonyl (C=O) groups excluding carboxylic acids is 1. The summed E-state index contributed by atoms with van der Waals surface area (Å²) in [5.74, 6) is 1.52. The topological polar surface area (TPSA) is 83.7 Å². The molecule has 3 aromatic carbocycles. The normalized spacial score (nSPS) is 10.2. The van der Waals surface area contributed by atoms with Crippen molar-refractivity contribution in [1.29, 1.82) is 5.26 Å². The van der Waals surface area contributed by atoms with Gasteiger partial charge < -0.3 is 9.47 Å².